The lowest BCUT2D eigenvalue weighted by Crippen LogP contribution is -2.49. The number of aromatic nitrogens is 2. The fourth-order valence-corrected chi connectivity index (χ4v) is 4.49. The van der Waals surface area contributed by atoms with E-state index in [1.807, 2.05) is 60.7 Å². The van der Waals surface area contributed by atoms with Crippen molar-refractivity contribution >= 4 is 5.91 Å². The minimum atomic E-state index is -0.443. The molecule has 33 heavy (non-hydrogen) atoms. The van der Waals surface area contributed by atoms with E-state index in [1.54, 1.807) is 11.8 Å². The Bertz CT molecular complexity index is 1160. The zero-order valence-corrected chi connectivity index (χ0v) is 19.5. The van der Waals surface area contributed by atoms with Gasteiger partial charge in [-0.15, -0.1) is 0 Å². The van der Waals surface area contributed by atoms with Crippen LogP contribution in [0.2, 0.25) is 0 Å². The summed E-state index contributed by atoms with van der Waals surface area (Å²) in [6.07, 6.45) is 10.2. The molecule has 0 unspecified atom stereocenters. The molecule has 1 aliphatic carbocycles. The van der Waals surface area contributed by atoms with Crippen LogP contribution in [0.4, 0.5) is 0 Å². The lowest BCUT2D eigenvalue weighted by atomic mass is 9.81. The molecule has 2 aromatic carbocycles. The minimum Gasteiger partial charge on any atom is -0.480 e. The van der Waals surface area contributed by atoms with Gasteiger partial charge in [0.2, 0.25) is 5.88 Å². The molecular weight excluding hydrogens is 410 g/mol. The number of carbonyl (C=O) groups excluding carboxylic acids is 1. The Morgan fingerprint density at radius 2 is 1.70 bits per heavy atom. The predicted octanol–water partition coefficient (Wildman–Crippen LogP) is 6.11. The Hall–Kier alpha value is -3.60. The van der Waals surface area contributed by atoms with Crippen LogP contribution in [-0.2, 0) is 0 Å². The Morgan fingerprint density at radius 3 is 2.27 bits per heavy atom. The summed E-state index contributed by atoms with van der Waals surface area (Å²) in [5.74, 6) is 0.239. The molecule has 1 amide bonds. The van der Waals surface area contributed by atoms with E-state index < -0.39 is 5.54 Å². The third-order valence-electron chi connectivity index (χ3n) is 6.42. The molecule has 1 heterocycles. The van der Waals surface area contributed by atoms with Gasteiger partial charge in [-0.3, -0.25) is 4.79 Å². The monoisotopic (exact) mass is 441 g/mol. The van der Waals surface area contributed by atoms with Gasteiger partial charge in [0.25, 0.3) is 5.91 Å². The summed E-state index contributed by atoms with van der Waals surface area (Å²) in [5, 5.41) is 8.21. The van der Waals surface area contributed by atoms with Crippen LogP contribution in [0.25, 0.3) is 16.9 Å². The smallest absolute Gasteiger partial charge is 0.259 e. The molecule has 4 rings (SSSR count). The molecule has 5 nitrogen and oxygen atoms in total. The van der Waals surface area contributed by atoms with E-state index in [-0.39, 0.29) is 5.91 Å². The number of hydrogen-bond acceptors (Lipinski definition) is 3. The van der Waals surface area contributed by atoms with Crippen LogP contribution in [0.15, 0.2) is 84.5 Å². The van der Waals surface area contributed by atoms with Gasteiger partial charge in [-0.2, -0.15) is 9.78 Å². The van der Waals surface area contributed by atoms with E-state index in [0.717, 1.165) is 36.9 Å². The van der Waals surface area contributed by atoms with Gasteiger partial charge in [0, 0.05) is 5.56 Å². The summed E-state index contributed by atoms with van der Waals surface area (Å²) in [5.41, 5.74) is 3.47. The number of hydrogen-bond donors (Lipinski definition) is 1. The Balaban J connectivity index is 1.84. The van der Waals surface area contributed by atoms with Gasteiger partial charge < -0.3 is 10.1 Å². The maximum atomic E-state index is 13.9. The molecule has 170 valence electrons. The van der Waals surface area contributed by atoms with E-state index in [1.165, 1.54) is 5.57 Å². The normalized spacial score (nSPS) is 13.5. The first-order chi connectivity index (χ1) is 16.1. The van der Waals surface area contributed by atoms with E-state index in [4.69, 9.17) is 9.84 Å². The van der Waals surface area contributed by atoms with Crippen molar-refractivity contribution in [3.8, 4) is 22.8 Å². The summed E-state index contributed by atoms with van der Waals surface area (Å²) in [6.45, 7) is 4.24. The molecule has 3 aromatic rings. The maximum Gasteiger partial charge on any atom is 0.259 e. The minimum absolute atomic E-state index is 0.184. The van der Waals surface area contributed by atoms with Crippen molar-refractivity contribution in [2.24, 2.45) is 0 Å². The average Bonchev–Trinajstić information content (AvgIpc) is 3.29. The molecule has 0 aliphatic heterocycles. The van der Waals surface area contributed by atoms with Gasteiger partial charge in [0.15, 0.2) is 0 Å². The van der Waals surface area contributed by atoms with Crippen LogP contribution in [-0.4, -0.2) is 28.3 Å². The van der Waals surface area contributed by atoms with E-state index in [2.05, 4.69) is 37.4 Å². The molecule has 1 aliphatic rings. The SMILES string of the molecule is CCC(CC)(NC(=O)c1c(-c2ccccc2)nn(-c2ccccc2)c1OC)C1=CCCC=C1. The van der Waals surface area contributed by atoms with Crippen molar-refractivity contribution in [2.45, 2.75) is 45.1 Å². The van der Waals surface area contributed by atoms with Crippen molar-refractivity contribution in [3.63, 3.8) is 0 Å². The van der Waals surface area contributed by atoms with Gasteiger partial charge in [-0.25, -0.2) is 0 Å². The quantitative estimate of drug-likeness (QED) is 0.459. The van der Waals surface area contributed by atoms with Gasteiger partial charge in [-0.05, 0) is 43.4 Å². The first-order valence-corrected chi connectivity index (χ1v) is 11.6. The van der Waals surface area contributed by atoms with Crippen LogP contribution >= 0.6 is 0 Å². The first kappa shape index (κ1) is 22.6. The van der Waals surface area contributed by atoms with Crippen molar-refractivity contribution < 1.29 is 9.53 Å². The van der Waals surface area contributed by atoms with Crippen molar-refractivity contribution in [1.82, 2.24) is 15.1 Å². The number of benzene rings is 2. The van der Waals surface area contributed by atoms with Crippen molar-refractivity contribution in [2.75, 3.05) is 7.11 Å². The number of amides is 1. The number of carbonyl (C=O) groups is 1. The van der Waals surface area contributed by atoms with Crippen LogP contribution in [0.3, 0.4) is 0 Å². The standard InChI is InChI=1S/C28H31N3O2/c1-4-28(5-2,22-17-11-7-12-18-22)29-26(32)24-25(21-15-9-6-10-16-21)30-31(27(24)33-3)23-19-13-8-14-20-23/h6,8-11,13-20H,4-5,7,12H2,1-3H3,(H,29,32). The fourth-order valence-electron chi connectivity index (χ4n) is 4.49. The molecule has 1 aromatic heterocycles. The Kier molecular flexibility index (Phi) is 6.78. The van der Waals surface area contributed by atoms with E-state index in [9.17, 15) is 4.79 Å². The molecule has 0 fully saturated rings. The average molecular weight is 442 g/mol. The Morgan fingerprint density at radius 1 is 1.03 bits per heavy atom. The fraction of sp³-hybridized carbons (Fsp3) is 0.286. The first-order valence-electron chi connectivity index (χ1n) is 11.6. The third-order valence-corrected chi connectivity index (χ3v) is 6.42. The summed E-state index contributed by atoms with van der Waals surface area (Å²) < 4.78 is 7.50. The van der Waals surface area contributed by atoms with Crippen LogP contribution in [0.1, 0.15) is 49.9 Å². The number of allylic oxidation sites excluding steroid dienone is 2. The van der Waals surface area contributed by atoms with Crippen molar-refractivity contribution in [1.29, 1.82) is 0 Å². The van der Waals surface area contributed by atoms with E-state index in [0.29, 0.717) is 17.1 Å². The Labute approximate surface area is 195 Å². The molecule has 0 radical (unpaired) electrons. The molecule has 0 atom stereocenters. The van der Waals surface area contributed by atoms with Crippen molar-refractivity contribution in [3.05, 3.63) is 90.0 Å². The number of rotatable bonds is 8. The largest absolute Gasteiger partial charge is 0.480 e. The lowest BCUT2D eigenvalue weighted by Gasteiger charge is -2.35. The lowest BCUT2D eigenvalue weighted by molar-refractivity contribution is 0.0906. The second-order valence-corrected chi connectivity index (χ2v) is 8.23. The molecule has 0 bridgehead atoms. The van der Waals surface area contributed by atoms with Gasteiger partial charge in [0.1, 0.15) is 11.3 Å². The number of nitrogens with zero attached hydrogens (tertiary/aromatic N) is 2. The van der Waals surface area contributed by atoms with E-state index >= 15 is 0 Å². The second-order valence-electron chi connectivity index (χ2n) is 8.23. The maximum absolute atomic E-state index is 13.9. The zero-order valence-electron chi connectivity index (χ0n) is 19.5. The number of para-hydroxylation sites is 1. The van der Waals surface area contributed by atoms with Gasteiger partial charge in [-0.1, -0.05) is 80.6 Å². The van der Waals surface area contributed by atoms with Crippen LogP contribution in [0, 0.1) is 0 Å². The molecule has 0 saturated carbocycles. The highest BCUT2D eigenvalue weighted by atomic mass is 16.5. The van der Waals surface area contributed by atoms with Crippen LogP contribution in [0.5, 0.6) is 5.88 Å². The topological polar surface area (TPSA) is 56.2 Å². The molecule has 0 spiro atoms. The summed E-state index contributed by atoms with van der Waals surface area (Å²) in [6, 6.07) is 19.5. The predicted molar refractivity (Wildman–Crippen MR) is 133 cm³/mol. The number of nitrogens with one attached hydrogen (secondary N) is 1. The van der Waals surface area contributed by atoms with Crippen LogP contribution < -0.4 is 10.1 Å². The molecule has 0 saturated heterocycles. The van der Waals surface area contributed by atoms with Gasteiger partial charge >= 0.3 is 0 Å². The van der Waals surface area contributed by atoms with Gasteiger partial charge in [0.05, 0.1) is 18.3 Å². The molecule has 5 heteroatoms. The number of methoxy groups -OCH3 is 1. The third kappa shape index (κ3) is 4.36. The number of ether oxygens (including phenoxy) is 1. The highest BCUT2D eigenvalue weighted by Crippen LogP contribution is 2.35. The molecular formula is C28H31N3O2. The highest BCUT2D eigenvalue weighted by molar-refractivity contribution is 6.03. The summed E-state index contributed by atoms with van der Waals surface area (Å²) in [7, 11) is 1.58. The zero-order chi connectivity index (χ0) is 23.3. The summed E-state index contributed by atoms with van der Waals surface area (Å²) >= 11 is 0. The summed E-state index contributed by atoms with van der Waals surface area (Å²) in [4.78, 5) is 13.9. The second kappa shape index (κ2) is 9.90. The molecule has 1 N–H and O–H groups in total. The highest BCUT2D eigenvalue weighted by Gasteiger charge is 2.35.